The molecule has 1 rings (SSSR count). The molecule has 0 bridgehead atoms. The van der Waals surface area contributed by atoms with Gasteiger partial charge in [0.2, 0.25) is 0 Å². The van der Waals surface area contributed by atoms with E-state index in [1.165, 1.54) is 12.3 Å². The van der Waals surface area contributed by atoms with Gasteiger partial charge in [-0.25, -0.2) is 8.42 Å². The second-order valence-corrected chi connectivity index (χ2v) is 7.94. The van der Waals surface area contributed by atoms with Crippen LogP contribution in [0.2, 0.25) is 0 Å². The number of carbonyl (C=O) groups excluding carboxylic acids is 1. The largest absolute Gasteiger partial charge is 0.346 e. The van der Waals surface area contributed by atoms with E-state index < -0.39 is 9.05 Å². The number of aryl methyl sites for hydroxylation is 1. The standard InChI is InChI=1S/C13H21ClN2O3S/c1-5-7-13(3,4)15-12(17)11-8-10(20(14,18)19)9-16(11)6-2/h8-9H,5-7H2,1-4H3,(H,15,17). The number of halogens is 1. The molecule has 0 saturated heterocycles. The molecule has 0 aromatic carbocycles. The van der Waals surface area contributed by atoms with Crippen molar-refractivity contribution in [3.63, 3.8) is 0 Å². The first-order valence-corrected chi connectivity index (χ1v) is 8.89. The van der Waals surface area contributed by atoms with E-state index in [2.05, 4.69) is 5.32 Å². The highest BCUT2D eigenvalue weighted by Crippen LogP contribution is 2.20. The van der Waals surface area contributed by atoms with Crippen molar-refractivity contribution in [2.45, 2.75) is 57.5 Å². The summed E-state index contributed by atoms with van der Waals surface area (Å²) in [6, 6.07) is 1.31. The number of hydrogen-bond acceptors (Lipinski definition) is 3. The van der Waals surface area contributed by atoms with Crippen LogP contribution in [0.25, 0.3) is 0 Å². The zero-order chi connectivity index (χ0) is 15.6. The molecule has 114 valence electrons. The molecule has 20 heavy (non-hydrogen) atoms. The topological polar surface area (TPSA) is 68.2 Å². The Balaban J connectivity index is 3.07. The van der Waals surface area contributed by atoms with E-state index in [4.69, 9.17) is 10.7 Å². The van der Waals surface area contributed by atoms with Crippen LogP contribution in [0.4, 0.5) is 0 Å². The smallest absolute Gasteiger partial charge is 0.268 e. The van der Waals surface area contributed by atoms with E-state index in [9.17, 15) is 13.2 Å². The number of nitrogens with one attached hydrogen (secondary N) is 1. The molecule has 0 spiro atoms. The molecule has 1 amide bonds. The second-order valence-electron chi connectivity index (χ2n) is 5.37. The van der Waals surface area contributed by atoms with E-state index in [-0.39, 0.29) is 16.3 Å². The third kappa shape index (κ3) is 4.24. The zero-order valence-corrected chi connectivity index (χ0v) is 13.8. The van der Waals surface area contributed by atoms with Crippen molar-refractivity contribution < 1.29 is 13.2 Å². The molecule has 0 fully saturated rings. The molecule has 0 unspecified atom stereocenters. The summed E-state index contributed by atoms with van der Waals surface area (Å²) in [5.41, 5.74) is -0.0369. The molecule has 1 N–H and O–H groups in total. The second kappa shape index (κ2) is 6.18. The third-order valence-corrected chi connectivity index (χ3v) is 4.37. The van der Waals surface area contributed by atoms with E-state index in [1.54, 1.807) is 4.57 Å². The Kier molecular flexibility index (Phi) is 5.27. The summed E-state index contributed by atoms with van der Waals surface area (Å²) < 4.78 is 24.3. The van der Waals surface area contributed by atoms with Gasteiger partial charge in [-0.1, -0.05) is 13.3 Å². The van der Waals surface area contributed by atoms with Crippen molar-refractivity contribution in [1.82, 2.24) is 9.88 Å². The van der Waals surface area contributed by atoms with Crippen LogP contribution in [0.15, 0.2) is 17.2 Å². The molecule has 0 saturated carbocycles. The molecular weight excluding hydrogens is 300 g/mol. The maximum absolute atomic E-state index is 12.3. The highest BCUT2D eigenvalue weighted by Gasteiger charge is 2.24. The van der Waals surface area contributed by atoms with Crippen molar-refractivity contribution >= 4 is 25.6 Å². The van der Waals surface area contributed by atoms with E-state index in [1.807, 2.05) is 27.7 Å². The van der Waals surface area contributed by atoms with Crippen LogP contribution in [0.3, 0.4) is 0 Å². The van der Waals surface area contributed by atoms with Crippen LogP contribution in [0.1, 0.15) is 51.0 Å². The Hall–Kier alpha value is -1.01. The van der Waals surface area contributed by atoms with Gasteiger partial charge in [0.05, 0.1) is 0 Å². The van der Waals surface area contributed by atoms with Gasteiger partial charge < -0.3 is 9.88 Å². The number of nitrogens with zero attached hydrogens (tertiary/aromatic N) is 1. The van der Waals surface area contributed by atoms with Crippen LogP contribution in [0.5, 0.6) is 0 Å². The van der Waals surface area contributed by atoms with Crippen molar-refractivity contribution in [1.29, 1.82) is 0 Å². The fourth-order valence-electron chi connectivity index (χ4n) is 2.13. The lowest BCUT2D eigenvalue weighted by Crippen LogP contribution is -2.43. The van der Waals surface area contributed by atoms with Crippen LogP contribution >= 0.6 is 10.7 Å². The monoisotopic (exact) mass is 320 g/mol. The summed E-state index contributed by atoms with van der Waals surface area (Å²) in [6.07, 6.45) is 3.17. The molecule has 0 atom stereocenters. The number of amides is 1. The highest BCUT2D eigenvalue weighted by molar-refractivity contribution is 8.13. The van der Waals surface area contributed by atoms with E-state index in [0.717, 1.165) is 12.8 Å². The van der Waals surface area contributed by atoms with Crippen LogP contribution in [0, 0.1) is 0 Å². The average Bonchev–Trinajstić information content (AvgIpc) is 2.71. The molecular formula is C13H21ClN2O3S. The number of hydrogen-bond donors (Lipinski definition) is 1. The predicted molar refractivity (Wildman–Crippen MR) is 79.6 cm³/mol. The molecule has 1 aromatic rings. The zero-order valence-electron chi connectivity index (χ0n) is 12.2. The van der Waals surface area contributed by atoms with E-state index >= 15 is 0 Å². The first kappa shape index (κ1) is 17.0. The van der Waals surface area contributed by atoms with Crippen molar-refractivity contribution in [3.8, 4) is 0 Å². The lowest BCUT2D eigenvalue weighted by atomic mass is 9.99. The summed E-state index contributed by atoms with van der Waals surface area (Å²) in [5, 5.41) is 2.92. The summed E-state index contributed by atoms with van der Waals surface area (Å²) >= 11 is 0. The molecule has 0 aliphatic carbocycles. The number of aromatic nitrogens is 1. The maximum atomic E-state index is 12.3. The number of rotatable bonds is 6. The van der Waals surface area contributed by atoms with Gasteiger partial charge in [-0.2, -0.15) is 0 Å². The van der Waals surface area contributed by atoms with E-state index in [0.29, 0.717) is 12.2 Å². The Morgan fingerprint density at radius 3 is 2.45 bits per heavy atom. The minimum Gasteiger partial charge on any atom is -0.346 e. The van der Waals surface area contributed by atoms with Gasteiger partial charge in [0.1, 0.15) is 10.6 Å². The molecule has 1 heterocycles. The minimum atomic E-state index is -3.83. The minimum absolute atomic E-state index is 0.0561. The molecule has 1 aromatic heterocycles. The summed E-state index contributed by atoms with van der Waals surface area (Å²) in [7, 11) is 1.48. The average molecular weight is 321 g/mol. The summed E-state index contributed by atoms with van der Waals surface area (Å²) in [5.74, 6) is -0.295. The molecule has 7 heteroatoms. The normalized spacial score (nSPS) is 12.4. The Labute approximate surface area is 124 Å². The lowest BCUT2D eigenvalue weighted by molar-refractivity contribution is 0.0899. The van der Waals surface area contributed by atoms with Crippen molar-refractivity contribution in [3.05, 3.63) is 18.0 Å². The fourth-order valence-corrected chi connectivity index (χ4v) is 2.89. The first-order valence-electron chi connectivity index (χ1n) is 6.58. The van der Waals surface area contributed by atoms with Gasteiger partial charge in [0.25, 0.3) is 15.0 Å². The van der Waals surface area contributed by atoms with Crippen molar-refractivity contribution in [2.75, 3.05) is 0 Å². The summed E-state index contributed by atoms with van der Waals surface area (Å²) in [4.78, 5) is 12.2. The van der Waals surface area contributed by atoms with Gasteiger partial charge in [0, 0.05) is 29.0 Å². The Bertz CT molecular complexity index is 591. The van der Waals surface area contributed by atoms with Gasteiger partial charge >= 0.3 is 0 Å². The Morgan fingerprint density at radius 2 is 2.00 bits per heavy atom. The van der Waals surface area contributed by atoms with Crippen LogP contribution in [-0.4, -0.2) is 24.4 Å². The van der Waals surface area contributed by atoms with Crippen molar-refractivity contribution in [2.24, 2.45) is 0 Å². The summed E-state index contributed by atoms with van der Waals surface area (Å²) in [6.45, 7) is 8.24. The van der Waals surface area contributed by atoms with Gasteiger partial charge in [-0.3, -0.25) is 4.79 Å². The highest BCUT2D eigenvalue weighted by atomic mass is 35.7. The third-order valence-electron chi connectivity index (χ3n) is 3.05. The van der Waals surface area contributed by atoms with Gasteiger partial charge in [-0.15, -0.1) is 0 Å². The maximum Gasteiger partial charge on any atom is 0.268 e. The quantitative estimate of drug-likeness (QED) is 0.819. The molecule has 0 aliphatic heterocycles. The van der Waals surface area contributed by atoms with Crippen LogP contribution < -0.4 is 5.32 Å². The predicted octanol–water partition coefficient (Wildman–Crippen LogP) is 2.74. The van der Waals surface area contributed by atoms with Crippen LogP contribution in [-0.2, 0) is 15.6 Å². The lowest BCUT2D eigenvalue weighted by Gasteiger charge is -2.25. The molecule has 0 radical (unpaired) electrons. The molecule has 0 aliphatic rings. The first-order chi connectivity index (χ1) is 9.10. The van der Waals surface area contributed by atoms with Gasteiger partial charge in [0.15, 0.2) is 0 Å². The Morgan fingerprint density at radius 1 is 1.40 bits per heavy atom. The fraction of sp³-hybridized carbons (Fsp3) is 0.615. The molecule has 5 nitrogen and oxygen atoms in total. The SMILES string of the molecule is CCCC(C)(C)NC(=O)c1cc(S(=O)(=O)Cl)cn1CC. The van der Waals surface area contributed by atoms with Gasteiger partial charge in [-0.05, 0) is 33.3 Å². The number of carbonyl (C=O) groups is 1.